The maximum atomic E-state index is 11.2. The highest BCUT2D eigenvalue weighted by Gasteiger charge is 2.29. The van der Waals surface area contributed by atoms with Gasteiger partial charge in [0.25, 0.3) is 0 Å². The molecule has 134 valence electrons. The molecule has 3 atom stereocenters. The van der Waals surface area contributed by atoms with Crippen LogP contribution in [-0.4, -0.2) is 62.6 Å². The Morgan fingerprint density at radius 3 is 2.13 bits per heavy atom. The molecule has 23 heavy (non-hydrogen) atoms. The monoisotopic (exact) mass is 387 g/mol. The molecule has 0 heterocycles. The van der Waals surface area contributed by atoms with E-state index in [0.29, 0.717) is 12.3 Å². The highest BCUT2D eigenvalue weighted by molar-refractivity contribution is 8.76. The maximum Gasteiger partial charge on any atom is 0.303 e. The number of hydrogen-bond acceptors (Lipinski definition) is 8. The second kappa shape index (κ2) is 12.6. The van der Waals surface area contributed by atoms with Gasteiger partial charge >= 0.3 is 11.9 Å². The van der Waals surface area contributed by atoms with Gasteiger partial charge in [-0.2, -0.15) is 0 Å². The van der Waals surface area contributed by atoms with Crippen molar-refractivity contribution in [3.63, 3.8) is 0 Å². The van der Waals surface area contributed by atoms with Crippen molar-refractivity contribution in [2.24, 2.45) is 0 Å². The van der Waals surface area contributed by atoms with Gasteiger partial charge in [-0.15, -0.1) is 0 Å². The van der Waals surface area contributed by atoms with Gasteiger partial charge in [-0.25, -0.2) is 4.21 Å². The van der Waals surface area contributed by atoms with Gasteiger partial charge in [0.15, 0.2) is 17.2 Å². The fourth-order valence-corrected chi connectivity index (χ4v) is 4.12. The van der Waals surface area contributed by atoms with E-state index in [0.717, 1.165) is 0 Å². The molecule has 0 saturated heterocycles. The van der Waals surface area contributed by atoms with E-state index in [9.17, 15) is 18.6 Å². The predicted octanol–water partition coefficient (Wildman–Crippen LogP) is 0.589. The molecule has 11 heteroatoms. The molecule has 0 aromatic carbocycles. The van der Waals surface area contributed by atoms with Gasteiger partial charge < -0.3 is 19.3 Å². The second-order valence-electron chi connectivity index (χ2n) is 4.37. The molecule has 0 saturated carbocycles. The number of carbonyl (C=O) groups is 3. The summed E-state index contributed by atoms with van der Waals surface area (Å²) in [7, 11) is 2.79. The van der Waals surface area contributed by atoms with Crippen molar-refractivity contribution in [3.05, 3.63) is 0 Å². The SMILES string of the molecule is CC(=O)NCCSSCC(OC(C)=O)C(CS(=O)O)OC(C)=O. The van der Waals surface area contributed by atoms with Gasteiger partial charge in [0.1, 0.15) is 6.10 Å². The largest absolute Gasteiger partial charge is 0.458 e. The van der Waals surface area contributed by atoms with E-state index in [-0.39, 0.29) is 17.4 Å². The highest BCUT2D eigenvalue weighted by Crippen LogP contribution is 2.24. The van der Waals surface area contributed by atoms with Gasteiger partial charge in [0, 0.05) is 38.8 Å². The van der Waals surface area contributed by atoms with E-state index in [1.165, 1.54) is 42.4 Å². The van der Waals surface area contributed by atoms with Gasteiger partial charge in [0.05, 0.1) is 5.75 Å². The second-order valence-corrected chi connectivity index (χ2v) is 7.98. The summed E-state index contributed by atoms with van der Waals surface area (Å²) in [6, 6.07) is 0. The average molecular weight is 388 g/mol. The fourth-order valence-electron chi connectivity index (χ4n) is 1.44. The molecular formula is C12H21NO7S3. The Morgan fingerprint density at radius 1 is 1.09 bits per heavy atom. The number of hydrogen-bond donors (Lipinski definition) is 2. The molecule has 0 rings (SSSR count). The van der Waals surface area contributed by atoms with E-state index in [2.05, 4.69) is 5.32 Å². The van der Waals surface area contributed by atoms with Crippen LogP contribution in [0.1, 0.15) is 20.8 Å². The molecule has 0 aliphatic rings. The molecule has 0 fully saturated rings. The molecule has 3 unspecified atom stereocenters. The third-order valence-corrected chi connectivity index (χ3v) is 5.26. The summed E-state index contributed by atoms with van der Waals surface area (Å²) in [5.41, 5.74) is 0. The molecule has 0 radical (unpaired) electrons. The first-order valence-corrected chi connectivity index (χ1v) is 10.4. The van der Waals surface area contributed by atoms with Gasteiger partial charge in [-0.1, -0.05) is 21.6 Å². The smallest absolute Gasteiger partial charge is 0.303 e. The Labute approximate surface area is 145 Å². The standard InChI is InChI=1S/C12H21NO7S3/c1-8(14)13-4-5-21-22-6-11(19-9(2)15)12(7-23(17)18)20-10(3)16/h11-12H,4-7H2,1-3H3,(H,13,14)(H,17,18). The van der Waals surface area contributed by atoms with Crippen molar-refractivity contribution in [1.29, 1.82) is 0 Å². The molecule has 0 aromatic heterocycles. The van der Waals surface area contributed by atoms with E-state index in [1.54, 1.807) is 0 Å². The minimum Gasteiger partial charge on any atom is -0.458 e. The first kappa shape index (κ1) is 22.2. The fraction of sp³-hybridized carbons (Fsp3) is 0.750. The van der Waals surface area contributed by atoms with Crippen molar-refractivity contribution >= 4 is 50.5 Å². The van der Waals surface area contributed by atoms with E-state index in [4.69, 9.17) is 14.0 Å². The van der Waals surface area contributed by atoms with Crippen LogP contribution in [0.15, 0.2) is 0 Å². The minimum absolute atomic E-state index is 0.117. The highest BCUT2D eigenvalue weighted by atomic mass is 33.1. The first-order chi connectivity index (χ1) is 10.7. The number of ether oxygens (including phenoxy) is 2. The number of esters is 2. The number of carbonyl (C=O) groups excluding carboxylic acids is 3. The van der Waals surface area contributed by atoms with Crippen LogP contribution in [0.2, 0.25) is 0 Å². The summed E-state index contributed by atoms with van der Waals surface area (Å²) in [5, 5.41) is 2.64. The lowest BCUT2D eigenvalue weighted by Crippen LogP contribution is -2.40. The zero-order valence-corrected chi connectivity index (χ0v) is 15.6. The van der Waals surface area contributed by atoms with E-state index >= 15 is 0 Å². The van der Waals surface area contributed by atoms with E-state index < -0.39 is 35.2 Å². The Hall–Kier alpha value is -0.780. The summed E-state index contributed by atoms with van der Waals surface area (Å²) in [4.78, 5) is 33.0. The Kier molecular flexibility index (Phi) is 12.2. The van der Waals surface area contributed by atoms with E-state index in [1.807, 2.05) is 0 Å². The zero-order valence-electron chi connectivity index (χ0n) is 13.1. The average Bonchev–Trinajstić information content (AvgIpc) is 2.38. The van der Waals surface area contributed by atoms with Crippen LogP contribution < -0.4 is 5.32 Å². The lowest BCUT2D eigenvalue weighted by molar-refractivity contribution is -0.161. The molecule has 2 N–H and O–H groups in total. The molecule has 0 bridgehead atoms. The minimum atomic E-state index is -2.20. The Balaban J connectivity index is 4.49. The van der Waals surface area contributed by atoms with Crippen molar-refractivity contribution in [2.75, 3.05) is 23.8 Å². The van der Waals surface area contributed by atoms with Crippen LogP contribution in [0.5, 0.6) is 0 Å². The molecule has 0 aromatic rings. The number of rotatable bonds is 11. The van der Waals surface area contributed by atoms with Crippen molar-refractivity contribution in [1.82, 2.24) is 5.32 Å². The van der Waals surface area contributed by atoms with Crippen LogP contribution in [0.4, 0.5) is 0 Å². The molecular weight excluding hydrogens is 366 g/mol. The topological polar surface area (TPSA) is 119 Å². The zero-order chi connectivity index (χ0) is 17.8. The predicted molar refractivity (Wildman–Crippen MR) is 90.3 cm³/mol. The lowest BCUT2D eigenvalue weighted by atomic mass is 10.2. The Bertz CT molecular complexity index is 417. The summed E-state index contributed by atoms with van der Waals surface area (Å²) >= 11 is -2.20. The molecule has 0 aliphatic heterocycles. The van der Waals surface area contributed by atoms with Gasteiger partial charge in [-0.05, 0) is 0 Å². The van der Waals surface area contributed by atoms with Crippen LogP contribution in [-0.2, 0) is 34.9 Å². The van der Waals surface area contributed by atoms with Crippen molar-refractivity contribution in [2.45, 2.75) is 33.0 Å². The molecule has 1 amide bonds. The van der Waals surface area contributed by atoms with Gasteiger partial charge in [-0.3, -0.25) is 14.4 Å². The normalized spacial score (nSPS) is 14.4. The number of amides is 1. The maximum absolute atomic E-state index is 11.2. The molecule has 0 aliphatic carbocycles. The summed E-state index contributed by atoms with van der Waals surface area (Å²) in [6.07, 6.45) is -1.82. The van der Waals surface area contributed by atoms with Gasteiger partial charge in [0.2, 0.25) is 5.91 Å². The summed E-state index contributed by atoms with van der Waals surface area (Å²) in [6.45, 7) is 4.31. The first-order valence-electron chi connectivity index (χ1n) is 6.63. The molecule has 8 nitrogen and oxygen atoms in total. The molecule has 0 spiro atoms. The van der Waals surface area contributed by atoms with Crippen molar-refractivity contribution < 1.29 is 32.6 Å². The lowest BCUT2D eigenvalue weighted by Gasteiger charge is -2.24. The Morgan fingerprint density at radius 2 is 1.65 bits per heavy atom. The van der Waals surface area contributed by atoms with Crippen LogP contribution in [0.3, 0.4) is 0 Å². The van der Waals surface area contributed by atoms with Crippen molar-refractivity contribution in [3.8, 4) is 0 Å². The van der Waals surface area contributed by atoms with Crippen LogP contribution in [0, 0.1) is 0 Å². The summed E-state index contributed by atoms with van der Waals surface area (Å²) in [5.74, 6) is -0.732. The quantitative estimate of drug-likeness (QED) is 0.227. The van der Waals surface area contributed by atoms with Crippen LogP contribution >= 0.6 is 21.6 Å². The summed E-state index contributed by atoms with van der Waals surface area (Å²) < 4.78 is 30.1. The number of nitrogens with one attached hydrogen (secondary N) is 1. The third-order valence-electron chi connectivity index (χ3n) is 2.23. The van der Waals surface area contributed by atoms with Crippen LogP contribution in [0.25, 0.3) is 0 Å². The third kappa shape index (κ3) is 13.4.